The van der Waals surface area contributed by atoms with Crippen LogP contribution in [0.4, 0.5) is 5.69 Å². The second-order valence-corrected chi connectivity index (χ2v) is 6.87. The molecule has 1 amide bonds. The molecule has 0 aliphatic carbocycles. The molecule has 3 aliphatic rings. The third-order valence-corrected chi connectivity index (χ3v) is 5.24. The van der Waals surface area contributed by atoms with Crippen LogP contribution >= 0.6 is 0 Å². The average Bonchev–Trinajstić information content (AvgIpc) is 3.24. The van der Waals surface area contributed by atoms with E-state index >= 15 is 0 Å². The highest BCUT2D eigenvalue weighted by molar-refractivity contribution is 6.06. The Kier molecular flexibility index (Phi) is 4.69. The zero-order valence-corrected chi connectivity index (χ0v) is 15.0. The van der Waals surface area contributed by atoms with E-state index in [1.165, 1.54) is 0 Å². The predicted octanol–water partition coefficient (Wildman–Crippen LogP) is 1.47. The Labute approximate surface area is 152 Å². The number of nitrogens with zero attached hydrogens (tertiary/aromatic N) is 2. The minimum absolute atomic E-state index is 0.135. The van der Waals surface area contributed by atoms with E-state index < -0.39 is 5.79 Å². The lowest BCUT2D eigenvalue weighted by molar-refractivity contribution is -0.181. The minimum atomic E-state index is -1.30. The van der Waals surface area contributed by atoms with Gasteiger partial charge < -0.3 is 14.2 Å². The lowest BCUT2D eigenvalue weighted by atomic mass is 9.98. The van der Waals surface area contributed by atoms with E-state index in [9.17, 15) is 9.59 Å². The van der Waals surface area contributed by atoms with Crippen LogP contribution < -0.4 is 4.90 Å². The minimum Gasteiger partial charge on any atom is -0.466 e. The molecule has 0 unspecified atom stereocenters. The van der Waals surface area contributed by atoms with E-state index in [4.69, 9.17) is 14.2 Å². The molecular formula is C19H24N2O5. The normalized spacial score (nSPS) is 24.9. The molecule has 0 radical (unpaired) electrons. The zero-order valence-electron chi connectivity index (χ0n) is 15.0. The Bertz CT molecular complexity index is 701. The van der Waals surface area contributed by atoms with E-state index in [2.05, 4.69) is 4.90 Å². The highest BCUT2D eigenvalue weighted by Gasteiger charge is 2.56. The van der Waals surface area contributed by atoms with Gasteiger partial charge >= 0.3 is 5.97 Å². The predicted molar refractivity (Wildman–Crippen MR) is 93.3 cm³/mol. The molecule has 1 atom stereocenters. The molecule has 0 aromatic heterocycles. The molecule has 1 aromatic carbocycles. The molecule has 0 saturated carbocycles. The van der Waals surface area contributed by atoms with Crippen LogP contribution in [-0.2, 0) is 29.6 Å². The van der Waals surface area contributed by atoms with Crippen molar-refractivity contribution in [2.75, 3.05) is 44.5 Å². The molecule has 7 nitrogen and oxygen atoms in total. The van der Waals surface area contributed by atoms with Gasteiger partial charge in [-0.15, -0.1) is 0 Å². The second kappa shape index (κ2) is 6.98. The lowest BCUT2D eigenvalue weighted by Crippen LogP contribution is -2.49. The number of benzene rings is 1. The number of hydrogen-bond acceptors (Lipinski definition) is 6. The molecule has 7 heteroatoms. The number of hydrogen-bond donors (Lipinski definition) is 0. The smallest absolute Gasteiger partial charge is 0.310 e. The summed E-state index contributed by atoms with van der Waals surface area (Å²) in [5.74, 6) is -1.77. The number of para-hydroxylation sites is 1. The van der Waals surface area contributed by atoms with Crippen LogP contribution in [0.25, 0.3) is 0 Å². The summed E-state index contributed by atoms with van der Waals surface area (Å²) in [6, 6.07) is 7.60. The molecule has 26 heavy (non-hydrogen) atoms. The van der Waals surface area contributed by atoms with Gasteiger partial charge in [-0.2, -0.15) is 0 Å². The number of ether oxygens (including phenoxy) is 3. The first-order valence-electron chi connectivity index (χ1n) is 9.24. The van der Waals surface area contributed by atoms with Crippen LogP contribution in [0.3, 0.4) is 0 Å². The maximum Gasteiger partial charge on any atom is 0.310 e. The molecule has 0 bridgehead atoms. The zero-order chi connectivity index (χ0) is 18.1. The molecule has 140 valence electrons. The first kappa shape index (κ1) is 17.5. The maximum atomic E-state index is 13.1. The largest absolute Gasteiger partial charge is 0.466 e. The molecular weight excluding hydrogens is 336 g/mol. The Balaban J connectivity index is 1.53. The SMILES string of the molecule is CCOC(=O)[C@@H]1CCCN(CN2C(=O)C3(OCCO3)c3ccccc32)C1. The summed E-state index contributed by atoms with van der Waals surface area (Å²) in [6.07, 6.45) is 1.74. The van der Waals surface area contributed by atoms with Crippen molar-refractivity contribution in [2.45, 2.75) is 25.6 Å². The van der Waals surface area contributed by atoms with E-state index in [-0.39, 0.29) is 17.8 Å². The fourth-order valence-corrected chi connectivity index (χ4v) is 4.06. The Morgan fingerprint density at radius 1 is 1.31 bits per heavy atom. The monoisotopic (exact) mass is 360 g/mol. The van der Waals surface area contributed by atoms with E-state index in [0.717, 1.165) is 30.6 Å². The van der Waals surface area contributed by atoms with Crippen LogP contribution in [0.1, 0.15) is 25.3 Å². The fourth-order valence-electron chi connectivity index (χ4n) is 4.06. The summed E-state index contributed by atoms with van der Waals surface area (Å²) in [7, 11) is 0. The Morgan fingerprint density at radius 2 is 2.08 bits per heavy atom. The summed E-state index contributed by atoms with van der Waals surface area (Å²) < 4.78 is 16.7. The van der Waals surface area contributed by atoms with Crippen molar-refractivity contribution in [2.24, 2.45) is 5.92 Å². The lowest BCUT2D eigenvalue weighted by Gasteiger charge is -2.34. The van der Waals surface area contributed by atoms with Crippen LogP contribution in [0.2, 0.25) is 0 Å². The third-order valence-electron chi connectivity index (χ3n) is 5.24. The van der Waals surface area contributed by atoms with Gasteiger partial charge in [0.2, 0.25) is 0 Å². The van der Waals surface area contributed by atoms with Crippen molar-refractivity contribution >= 4 is 17.6 Å². The van der Waals surface area contributed by atoms with Gasteiger partial charge in [-0.1, -0.05) is 18.2 Å². The number of anilines is 1. The molecule has 0 N–H and O–H groups in total. The number of fused-ring (bicyclic) bond motifs is 2. The number of esters is 1. The average molecular weight is 360 g/mol. The number of rotatable bonds is 4. The number of piperidine rings is 1. The third kappa shape index (κ3) is 2.80. The molecule has 4 rings (SSSR count). The summed E-state index contributed by atoms with van der Waals surface area (Å²) in [5, 5.41) is 0. The highest BCUT2D eigenvalue weighted by Crippen LogP contribution is 2.45. The molecule has 1 aromatic rings. The summed E-state index contributed by atoms with van der Waals surface area (Å²) >= 11 is 0. The first-order chi connectivity index (χ1) is 12.7. The van der Waals surface area contributed by atoms with Gasteiger partial charge in [0, 0.05) is 12.1 Å². The van der Waals surface area contributed by atoms with Gasteiger partial charge in [0.25, 0.3) is 11.7 Å². The second-order valence-electron chi connectivity index (χ2n) is 6.87. The number of carbonyl (C=O) groups is 2. The molecule has 1 spiro atoms. The van der Waals surface area contributed by atoms with Gasteiger partial charge in [-0.3, -0.25) is 19.4 Å². The van der Waals surface area contributed by atoms with Crippen molar-refractivity contribution in [3.8, 4) is 0 Å². The molecule has 2 fully saturated rings. The maximum absolute atomic E-state index is 13.1. The standard InChI is InChI=1S/C19H24N2O5/c1-2-24-17(22)14-6-5-9-20(12-14)13-21-16-8-4-3-7-15(16)19(18(21)23)25-10-11-26-19/h3-4,7-8,14H,2,5-6,9-13H2,1H3/t14-/m1/s1. The number of likely N-dealkylation sites (tertiary alicyclic amines) is 1. The fraction of sp³-hybridized carbons (Fsp3) is 0.579. The Hall–Kier alpha value is -1.96. The van der Waals surface area contributed by atoms with E-state index in [0.29, 0.717) is 33.0 Å². The van der Waals surface area contributed by atoms with E-state index in [1.54, 1.807) is 4.90 Å². The van der Waals surface area contributed by atoms with Gasteiger partial charge in [0.15, 0.2) is 0 Å². The number of carbonyl (C=O) groups excluding carboxylic acids is 2. The molecule has 3 aliphatic heterocycles. The van der Waals surface area contributed by atoms with Crippen LogP contribution in [0.5, 0.6) is 0 Å². The number of amides is 1. The van der Waals surface area contributed by atoms with Crippen molar-refractivity contribution in [1.29, 1.82) is 0 Å². The Morgan fingerprint density at radius 3 is 2.85 bits per heavy atom. The van der Waals surface area contributed by atoms with E-state index in [1.807, 2.05) is 31.2 Å². The summed E-state index contributed by atoms with van der Waals surface area (Å²) in [6.45, 7) is 4.88. The summed E-state index contributed by atoms with van der Waals surface area (Å²) in [5.41, 5.74) is 1.58. The van der Waals surface area contributed by atoms with Crippen molar-refractivity contribution in [3.63, 3.8) is 0 Å². The van der Waals surface area contributed by atoms with Gasteiger partial charge in [0.1, 0.15) is 0 Å². The molecule has 2 saturated heterocycles. The summed E-state index contributed by atoms with van der Waals surface area (Å²) in [4.78, 5) is 29.1. The highest BCUT2D eigenvalue weighted by atomic mass is 16.7. The van der Waals surface area contributed by atoms with Gasteiger partial charge in [-0.25, -0.2) is 0 Å². The van der Waals surface area contributed by atoms with Crippen LogP contribution in [0.15, 0.2) is 24.3 Å². The van der Waals surface area contributed by atoms with Crippen molar-refractivity contribution in [3.05, 3.63) is 29.8 Å². The van der Waals surface area contributed by atoms with Crippen LogP contribution in [0, 0.1) is 5.92 Å². The van der Waals surface area contributed by atoms with Gasteiger partial charge in [0.05, 0.1) is 38.1 Å². The quantitative estimate of drug-likeness (QED) is 0.758. The molecule has 3 heterocycles. The van der Waals surface area contributed by atoms with Gasteiger partial charge in [-0.05, 0) is 32.4 Å². The topological polar surface area (TPSA) is 68.3 Å². The van der Waals surface area contributed by atoms with Crippen molar-refractivity contribution in [1.82, 2.24) is 4.90 Å². The first-order valence-corrected chi connectivity index (χ1v) is 9.24. The van der Waals surface area contributed by atoms with Crippen LogP contribution in [-0.4, -0.2) is 56.4 Å². The van der Waals surface area contributed by atoms with Crippen molar-refractivity contribution < 1.29 is 23.8 Å².